The molecule has 5 nitrogen and oxygen atoms in total. The Bertz CT molecular complexity index is 786. The van der Waals surface area contributed by atoms with Crippen molar-refractivity contribution >= 4 is 17.2 Å². The van der Waals surface area contributed by atoms with Crippen LogP contribution in [0.1, 0.15) is 17.8 Å². The van der Waals surface area contributed by atoms with Crippen LogP contribution in [0.2, 0.25) is 0 Å². The predicted molar refractivity (Wildman–Crippen MR) is 77.2 cm³/mol. The van der Waals surface area contributed by atoms with Gasteiger partial charge in [0.1, 0.15) is 11.6 Å². The van der Waals surface area contributed by atoms with Crippen LogP contribution in [0.4, 0.5) is 0 Å². The highest BCUT2D eigenvalue weighted by Gasteiger charge is 2.25. The number of carbonyl (C=O) groups is 1. The van der Waals surface area contributed by atoms with Gasteiger partial charge >= 0.3 is 0 Å². The minimum Gasteiger partial charge on any atom is -0.293 e. The third kappa shape index (κ3) is 2.47. The van der Waals surface area contributed by atoms with Crippen molar-refractivity contribution in [1.82, 2.24) is 9.97 Å². The molecule has 0 spiro atoms. The van der Waals surface area contributed by atoms with Gasteiger partial charge in [-0.25, -0.2) is 15.0 Å². The van der Waals surface area contributed by atoms with E-state index >= 15 is 0 Å². The lowest BCUT2D eigenvalue weighted by Gasteiger charge is -2.14. The molecule has 21 heavy (non-hydrogen) atoms. The zero-order valence-electron chi connectivity index (χ0n) is 11.0. The molecule has 0 radical (unpaired) electrons. The summed E-state index contributed by atoms with van der Waals surface area (Å²) in [5.41, 5.74) is 1.69. The molecule has 0 saturated carbocycles. The zero-order chi connectivity index (χ0) is 14.7. The standard InChI is InChI=1S/C16H10N4O/c17-10-12-14(21)9-13(16-18-7-4-8-19-16)20-15(12)11-5-2-1-3-6-11/h1-8H,9H2. The number of aliphatic imine (C=N–C) groups is 1. The number of allylic oxidation sites excluding steroid dienone is 1. The second kappa shape index (κ2) is 5.47. The molecular weight excluding hydrogens is 264 g/mol. The average molecular weight is 274 g/mol. The van der Waals surface area contributed by atoms with Crippen molar-refractivity contribution in [2.24, 2.45) is 4.99 Å². The summed E-state index contributed by atoms with van der Waals surface area (Å²) in [6, 6.07) is 12.8. The molecule has 0 N–H and O–H groups in total. The quantitative estimate of drug-likeness (QED) is 0.840. The number of nitriles is 1. The Labute approximate surface area is 121 Å². The molecule has 0 fully saturated rings. The van der Waals surface area contributed by atoms with Crippen molar-refractivity contribution in [3.8, 4) is 6.07 Å². The lowest BCUT2D eigenvalue weighted by atomic mass is 9.97. The van der Waals surface area contributed by atoms with Gasteiger partial charge in [-0.05, 0) is 6.07 Å². The van der Waals surface area contributed by atoms with E-state index < -0.39 is 0 Å². The summed E-state index contributed by atoms with van der Waals surface area (Å²) >= 11 is 0. The van der Waals surface area contributed by atoms with Crippen LogP contribution in [0.3, 0.4) is 0 Å². The smallest absolute Gasteiger partial charge is 0.181 e. The van der Waals surface area contributed by atoms with Gasteiger partial charge in [-0.3, -0.25) is 4.79 Å². The second-order valence-electron chi connectivity index (χ2n) is 4.43. The Balaban J connectivity index is 2.16. The number of nitrogens with zero attached hydrogens (tertiary/aromatic N) is 4. The fourth-order valence-corrected chi connectivity index (χ4v) is 2.10. The normalized spacial score (nSPS) is 14.6. The molecule has 100 valence electrons. The van der Waals surface area contributed by atoms with Gasteiger partial charge in [-0.15, -0.1) is 0 Å². The van der Waals surface area contributed by atoms with Crippen LogP contribution >= 0.6 is 0 Å². The van der Waals surface area contributed by atoms with Crippen molar-refractivity contribution < 1.29 is 4.79 Å². The van der Waals surface area contributed by atoms with E-state index in [2.05, 4.69) is 15.0 Å². The Morgan fingerprint density at radius 1 is 1.05 bits per heavy atom. The molecule has 0 aliphatic carbocycles. The number of Topliss-reactive ketones (excluding diaryl/α,β-unsaturated/α-hetero) is 1. The van der Waals surface area contributed by atoms with Crippen molar-refractivity contribution in [3.05, 3.63) is 65.8 Å². The Morgan fingerprint density at radius 2 is 1.76 bits per heavy atom. The zero-order valence-corrected chi connectivity index (χ0v) is 11.0. The van der Waals surface area contributed by atoms with Gasteiger partial charge in [0.2, 0.25) is 0 Å². The summed E-state index contributed by atoms with van der Waals surface area (Å²) in [6.07, 6.45) is 3.24. The van der Waals surface area contributed by atoms with Crippen LogP contribution in [0.5, 0.6) is 0 Å². The Morgan fingerprint density at radius 3 is 2.43 bits per heavy atom. The maximum absolute atomic E-state index is 12.2. The predicted octanol–water partition coefficient (Wildman–Crippen LogP) is 2.17. The number of carbonyl (C=O) groups excluding carboxylic acids is 1. The number of rotatable bonds is 2. The van der Waals surface area contributed by atoms with E-state index in [-0.39, 0.29) is 17.8 Å². The first-order valence-corrected chi connectivity index (χ1v) is 6.37. The summed E-state index contributed by atoms with van der Waals surface area (Å²) in [7, 11) is 0. The topological polar surface area (TPSA) is 79.0 Å². The highest BCUT2D eigenvalue weighted by molar-refractivity contribution is 6.22. The van der Waals surface area contributed by atoms with E-state index in [9.17, 15) is 10.1 Å². The van der Waals surface area contributed by atoms with E-state index in [1.807, 2.05) is 36.4 Å². The van der Waals surface area contributed by atoms with Crippen LogP contribution in [0.25, 0.3) is 5.70 Å². The fraction of sp³-hybridized carbons (Fsp3) is 0.0625. The largest absolute Gasteiger partial charge is 0.293 e. The van der Waals surface area contributed by atoms with E-state index in [1.165, 1.54) is 0 Å². The Hall–Kier alpha value is -3.13. The van der Waals surface area contributed by atoms with Crippen molar-refractivity contribution in [2.45, 2.75) is 6.42 Å². The highest BCUT2D eigenvalue weighted by Crippen LogP contribution is 2.26. The molecule has 2 aromatic rings. The lowest BCUT2D eigenvalue weighted by molar-refractivity contribution is -0.114. The number of aromatic nitrogens is 2. The second-order valence-corrected chi connectivity index (χ2v) is 4.43. The van der Waals surface area contributed by atoms with Crippen LogP contribution in [-0.2, 0) is 4.79 Å². The van der Waals surface area contributed by atoms with Gasteiger partial charge in [0.15, 0.2) is 11.6 Å². The molecule has 3 rings (SSSR count). The van der Waals surface area contributed by atoms with Gasteiger partial charge in [-0.1, -0.05) is 30.3 Å². The molecule has 0 saturated heterocycles. The van der Waals surface area contributed by atoms with Gasteiger partial charge in [0, 0.05) is 18.0 Å². The van der Waals surface area contributed by atoms with Crippen LogP contribution in [0, 0.1) is 11.3 Å². The van der Waals surface area contributed by atoms with Crippen molar-refractivity contribution in [3.63, 3.8) is 0 Å². The van der Waals surface area contributed by atoms with Crippen LogP contribution in [0.15, 0.2) is 59.4 Å². The van der Waals surface area contributed by atoms with Gasteiger partial charge in [-0.2, -0.15) is 5.26 Å². The summed E-state index contributed by atoms with van der Waals surface area (Å²) < 4.78 is 0. The minimum atomic E-state index is -0.256. The average Bonchev–Trinajstić information content (AvgIpc) is 2.55. The van der Waals surface area contributed by atoms with E-state index in [0.717, 1.165) is 5.56 Å². The van der Waals surface area contributed by atoms with Crippen molar-refractivity contribution in [2.75, 3.05) is 0 Å². The maximum Gasteiger partial charge on any atom is 0.181 e. The van der Waals surface area contributed by atoms with Crippen LogP contribution in [-0.4, -0.2) is 21.5 Å². The van der Waals surface area contributed by atoms with E-state index in [4.69, 9.17) is 0 Å². The molecule has 2 heterocycles. The molecule has 1 aromatic heterocycles. The van der Waals surface area contributed by atoms with E-state index in [1.54, 1.807) is 18.5 Å². The molecule has 0 unspecified atom stereocenters. The van der Waals surface area contributed by atoms with Gasteiger partial charge in [0.05, 0.1) is 17.8 Å². The first-order chi connectivity index (χ1) is 10.3. The van der Waals surface area contributed by atoms with E-state index in [0.29, 0.717) is 17.2 Å². The highest BCUT2D eigenvalue weighted by atomic mass is 16.1. The first-order valence-electron chi connectivity index (χ1n) is 6.37. The monoisotopic (exact) mass is 274 g/mol. The Kier molecular flexibility index (Phi) is 3.36. The number of benzene rings is 1. The lowest BCUT2D eigenvalue weighted by Crippen LogP contribution is -2.19. The third-order valence-electron chi connectivity index (χ3n) is 3.07. The molecular formula is C16H10N4O. The maximum atomic E-state index is 12.2. The molecule has 1 aromatic carbocycles. The summed E-state index contributed by atoms with van der Waals surface area (Å²) in [5, 5.41) is 9.22. The summed E-state index contributed by atoms with van der Waals surface area (Å²) in [5.74, 6) is 0.157. The number of hydrogen-bond donors (Lipinski definition) is 0. The number of ketones is 1. The minimum absolute atomic E-state index is 0.0449. The summed E-state index contributed by atoms with van der Waals surface area (Å²) in [6.45, 7) is 0. The summed E-state index contributed by atoms with van der Waals surface area (Å²) in [4.78, 5) is 24.9. The molecule has 1 aliphatic rings. The number of hydrogen-bond acceptors (Lipinski definition) is 5. The molecule has 0 atom stereocenters. The molecule has 0 bridgehead atoms. The van der Waals surface area contributed by atoms with Crippen LogP contribution < -0.4 is 0 Å². The fourth-order valence-electron chi connectivity index (χ4n) is 2.10. The van der Waals surface area contributed by atoms with Gasteiger partial charge in [0.25, 0.3) is 0 Å². The SMILES string of the molecule is N#CC1=C(c2ccccc2)N=C(c2ncccn2)CC1=O. The molecule has 0 amide bonds. The molecule has 1 aliphatic heterocycles. The van der Waals surface area contributed by atoms with Gasteiger partial charge < -0.3 is 0 Å². The molecule has 5 heteroatoms. The third-order valence-corrected chi connectivity index (χ3v) is 3.07. The van der Waals surface area contributed by atoms with Crippen molar-refractivity contribution in [1.29, 1.82) is 5.26 Å². The first kappa shape index (κ1) is 12.9.